The summed E-state index contributed by atoms with van der Waals surface area (Å²) in [5.74, 6) is 1.55. The van der Waals surface area contributed by atoms with Crippen LogP contribution in [0, 0.1) is 11.3 Å². The monoisotopic (exact) mass is 259 g/mol. The first-order chi connectivity index (χ1) is 8.72. The third kappa shape index (κ3) is 2.57. The van der Waals surface area contributed by atoms with Crippen molar-refractivity contribution >= 4 is 28.0 Å². The molecule has 0 aromatic carbocycles. The van der Waals surface area contributed by atoms with E-state index in [0.29, 0.717) is 6.54 Å². The fourth-order valence-electron chi connectivity index (χ4n) is 1.49. The molecule has 0 radical (unpaired) electrons. The lowest BCUT2D eigenvalue weighted by atomic mass is 10.4. The third-order valence-electron chi connectivity index (χ3n) is 2.52. The van der Waals surface area contributed by atoms with Crippen LogP contribution in [-0.4, -0.2) is 30.6 Å². The van der Waals surface area contributed by atoms with Crippen LogP contribution in [0.15, 0.2) is 29.9 Å². The Morgan fingerprint density at radius 3 is 2.78 bits per heavy atom. The van der Waals surface area contributed by atoms with Crippen LogP contribution in [0.1, 0.15) is 0 Å². The summed E-state index contributed by atoms with van der Waals surface area (Å²) in [5, 5.41) is 11.8. The Bertz CT molecular complexity index is 546. The molecule has 0 aliphatic rings. The highest BCUT2D eigenvalue weighted by Crippen LogP contribution is 2.27. The largest absolute Gasteiger partial charge is 0.346 e. The smallest absolute Gasteiger partial charge is 0.138 e. The summed E-state index contributed by atoms with van der Waals surface area (Å²) < 4.78 is 0. The maximum atomic E-state index is 8.68. The quantitative estimate of drug-likeness (QED) is 0.788. The summed E-state index contributed by atoms with van der Waals surface area (Å²) >= 11 is 1.65. The van der Waals surface area contributed by atoms with Gasteiger partial charge >= 0.3 is 0 Å². The van der Waals surface area contributed by atoms with Gasteiger partial charge in [-0.3, -0.25) is 0 Å². The fraction of sp³-hybridized carbons (Fsp3) is 0.250. The maximum absolute atomic E-state index is 8.68. The molecule has 2 aromatic heterocycles. The molecule has 6 heteroatoms. The predicted molar refractivity (Wildman–Crippen MR) is 73.3 cm³/mol. The molecule has 0 bridgehead atoms. The SMILES string of the molecule is CN(CC#N)c1cc(N(C)c2cccs2)ncn1. The molecule has 2 aromatic rings. The molecule has 92 valence electrons. The minimum Gasteiger partial charge on any atom is -0.346 e. The molecule has 0 fully saturated rings. The molecule has 0 atom stereocenters. The van der Waals surface area contributed by atoms with Crippen molar-refractivity contribution in [3.63, 3.8) is 0 Å². The average Bonchev–Trinajstić information content (AvgIpc) is 2.92. The lowest BCUT2D eigenvalue weighted by Gasteiger charge is -2.19. The molecular weight excluding hydrogens is 246 g/mol. The van der Waals surface area contributed by atoms with Crippen molar-refractivity contribution in [1.29, 1.82) is 5.26 Å². The van der Waals surface area contributed by atoms with Crippen molar-refractivity contribution in [3.05, 3.63) is 29.9 Å². The molecule has 0 amide bonds. The lowest BCUT2D eigenvalue weighted by molar-refractivity contribution is 0.972. The van der Waals surface area contributed by atoms with Gasteiger partial charge in [-0.25, -0.2) is 9.97 Å². The van der Waals surface area contributed by atoms with Crippen molar-refractivity contribution in [2.24, 2.45) is 0 Å². The van der Waals surface area contributed by atoms with Crippen molar-refractivity contribution in [3.8, 4) is 6.07 Å². The first-order valence-corrected chi connectivity index (χ1v) is 6.27. The lowest BCUT2D eigenvalue weighted by Crippen LogP contribution is -2.19. The van der Waals surface area contributed by atoms with E-state index in [-0.39, 0.29) is 0 Å². The van der Waals surface area contributed by atoms with Gasteiger partial charge in [0.1, 0.15) is 24.5 Å². The van der Waals surface area contributed by atoms with Crippen molar-refractivity contribution in [2.45, 2.75) is 0 Å². The average molecular weight is 259 g/mol. The minimum atomic E-state index is 0.305. The van der Waals surface area contributed by atoms with Crippen LogP contribution >= 0.6 is 11.3 Å². The van der Waals surface area contributed by atoms with E-state index < -0.39 is 0 Å². The summed E-state index contributed by atoms with van der Waals surface area (Å²) in [6.45, 7) is 0.305. The molecule has 0 saturated heterocycles. The number of hydrogen-bond donors (Lipinski definition) is 0. The molecule has 0 unspecified atom stereocenters. The van der Waals surface area contributed by atoms with Crippen molar-refractivity contribution < 1.29 is 0 Å². The molecule has 0 spiro atoms. The number of nitrogens with zero attached hydrogens (tertiary/aromatic N) is 5. The highest BCUT2D eigenvalue weighted by atomic mass is 32.1. The number of thiophene rings is 1. The van der Waals surface area contributed by atoms with E-state index in [9.17, 15) is 0 Å². The Morgan fingerprint density at radius 2 is 2.11 bits per heavy atom. The van der Waals surface area contributed by atoms with E-state index in [2.05, 4.69) is 16.0 Å². The summed E-state index contributed by atoms with van der Waals surface area (Å²) in [5.41, 5.74) is 0. The Morgan fingerprint density at radius 1 is 1.33 bits per heavy atom. The van der Waals surface area contributed by atoms with Gasteiger partial charge in [-0.1, -0.05) is 0 Å². The molecule has 0 aliphatic heterocycles. The number of aromatic nitrogens is 2. The van der Waals surface area contributed by atoms with E-state index in [1.807, 2.05) is 42.6 Å². The molecule has 2 rings (SSSR count). The van der Waals surface area contributed by atoms with Crippen molar-refractivity contribution in [2.75, 3.05) is 30.4 Å². The normalized spacial score (nSPS) is 9.83. The van der Waals surface area contributed by atoms with Crippen LogP contribution in [0.25, 0.3) is 0 Å². The Balaban J connectivity index is 2.25. The zero-order valence-electron chi connectivity index (χ0n) is 10.2. The topological polar surface area (TPSA) is 56.1 Å². The number of rotatable bonds is 4. The van der Waals surface area contributed by atoms with Gasteiger partial charge in [0.15, 0.2) is 0 Å². The van der Waals surface area contributed by atoms with Crippen LogP contribution in [0.5, 0.6) is 0 Å². The molecule has 0 saturated carbocycles. The summed E-state index contributed by atoms with van der Waals surface area (Å²) in [4.78, 5) is 12.2. The van der Waals surface area contributed by atoms with Gasteiger partial charge in [0.25, 0.3) is 0 Å². The standard InChI is InChI=1S/C12H13N5S/c1-16(6-5-13)10-8-11(15-9-14-10)17(2)12-4-3-7-18-12/h3-4,7-9H,6H2,1-2H3. The van der Waals surface area contributed by atoms with E-state index in [1.54, 1.807) is 16.2 Å². The molecule has 2 heterocycles. The minimum absolute atomic E-state index is 0.305. The molecule has 18 heavy (non-hydrogen) atoms. The maximum Gasteiger partial charge on any atom is 0.138 e. The van der Waals surface area contributed by atoms with Crippen molar-refractivity contribution in [1.82, 2.24) is 9.97 Å². The second-order valence-corrected chi connectivity index (χ2v) is 4.69. The zero-order chi connectivity index (χ0) is 13.0. The number of hydrogen-bond acceptors (Lipinski definition) is 6. The van der Waals surface area contributed by atoms with Crippen LogP contribution < -0.4 is 9.80 Å². The van der Waals surface area contributed by atoms with Crippen LogP contribution in [0.4, 0.5) is 16.6 Å². The zero-order valence-corrected chi connectivity index (χ0v) is 11.1. The highest BCUT2D eigenvalue weighted by Gasteiger charge is 2.09. The third-order valence-corrected chi connectivity index (χ3v) is 3.46. The van der Waals surface area contributed by atoms with Crippen LogP contribution in [-0.2, 0) is 0 Å². The van der Waals surface area contributed by atoms with Gasteiger partial charge < -0.3 is 9.80 Å². The van der Waals surface area contributed by atoms with Crippen LogP contribution in [0.2, 0.25) is 0 Å². The Kier molecular flexibility index (Phi) is 3.75. The summed E-state index contributed by atoms with van der Waals surface area (Å²) in [7, 11) is 3.79. The molecule has 0 N–H and O–H groups in total. The number of anilines is 3. The number of nitriles is 1. The summed E-state index contributed by atoms with van der Waals surface area (Å²) in [6.07, 6.45) is 1.52. The molecule has 5 nitrogen and oxygen atoms in total. The van der Waals surface area contributed by atoms with Gasteiger partial charge in [-0.2, -0.15) is 5.26 Å². The van der Waals surface area contributed by atoms with Crippen LogP contribution in [0.3, 0.4) is 0 Å². The first kappa shape index (κ1) is 12.3. The van der Waals surface area contributed by atoms with Gasteiger partial charge in [0.05, 0.1) is 11.1 Å². The fourth-order valence-corrected chi connectivity index (χ4v) is 2.20. The van der Waals surface area contributed by atoms with Gasteiger partial charge in [-0.15, -0.1) is 11.3 Å². The van der Waals surface area contributed by atoms with E-state index >= 15 is 0 Å². The molecule has 0 aliphatic carbocycles. The van der Waals surface area contributed by atoms with E-state index in [1.165, 1.54) is 6.33 Å². The van der Waals surface area contributed by atoms with Gasteiger partial charge in [-0.05, 0) is 17.5 Å². The Hall–Kier alpha value is -2.13. The highest BCUT2D eigenvalue weighted by molar-refractivity contribution is 7.14. The van der Waals surface area contributed by atoms with Gasteiger partial charge in [0.2, 0.25) is 0 Å². The summed E-state index contributed by atoms with van der Waals surface area (Å²) in [6, 6.07) is 8.00. The van der Waals surface area contributed by atoms with Gasteiger partial charge in [0, 0.05) is 20.2 Å². The first-order valence-electron chi connectivity index (χ1n) is 5.39. The van der Waals surface area contributed by atoms with E-state index in [4.69, 9.17) is 5.26 Å². The Labute approximate surface area is 110 Å². The second-order valence-electron chi connectivity index (χ2n) is 3.76. The molecular formula is C12H13N5S. The predicted octanol–water partition coefficient (Wildman–Crippen LogP) is 2.27. The van der Waals surface area contributed by atoms with E-state index in [0.717, 1.165) is 16.6 Å². The second kappa shape index (κ2) is 5.47.